The van der Waals surface area contributed by atoms with Crippen LogP contribution in [0.1, 0.15) is 30.7 Å². The van der Waals surface area contributed by atoms with Crippen molar-refractivity contribution in [1.29, 1.82) is 0 Å². The number of aromatic nitrogens is 5. The smallest absolute Gasteiger partial charge is 0.402 e. The average molecular weight is 646 g/mol. The van der Waals surface area contributed by atoms with Gasteiger partial charge in [-0.25, -0.2) is 14.5 Å². The number of rotatable bonds is 8. The Hall–Kier alpha value is -3.90. The second kappa shape index (κ2) is 11.2. The van der Waals surface area contributed by atoms with Gasteiger partial charge in [-0.3, -0.25) is 4.79 Å². The Bertz CT molecular complexity index is 1960. The first kappa shape index (κ1) is 29.8. The number of H-pyrrole nitrogens is 2. The number of imidazole rings is 2. The Kier molecular flexibility index (Phi) is 7.39. The van der Waals surface area contributed by atoms with Crippen molar-refractivity contribution in [3.05, 3.63) is 59.4 Å². The molecule has 2 bridgehead atoms. The molecule has 2 fully saturated rings. The van der Waals surface area contributed by atoms with Gasteiger partial charge >= 0.3 is 5.95 Å². The number of pyridine rings is 1. The number of anilines is 1. The summed E-state index contributed by atoms with van der Waals surface area (Å²) in [5.41, 5.74) is 6.60. The van der Waals surface area contributed by atoms with Crippen LogP contribution in [0, 0.1) is 25.7 Å². The van der Waals surface area contributed by atoms with Crippen LogP contribution in [-0.4, -0.2) is 63.0 Å². The van der Waals surface area contributed by atoms with Crippen molar-refractivity contribution >= 4 is 57.3 Å². The number of ether oxygens (including phenoxy) is 3. The number of fused-ring (bicyclic) bond motifs is 4. The molecule has 2 aliphatic heterocycles. The van der Waals surface area contributed by atoms with E-state index in [1.807, 2.05) is 55.1 Å². The van der Waals surface area contributed by atoms with Crippen LogP contribution in [0.25, 0.3) is 28.0 Å². The molecule has 2 N–H and O–H groups in total. The number of aromatic amines is 2. The highest BCUT2D eigenvalue weighted by molar-refractivity contribution is 8.05. The van der Waals surface area contributed by atoms with Gasteiger partial charge in [0.25, 0.3) is 0 Å². The molecule has 0 radical (unpaired) electrons. The number of nitrogens with zero attached hydrogens (tertiary/aromatic N) is 4. The van der Waals surface area contributed by atoms with Gasteiger partial charge in [-0.1, -0.05) is 18.8 Å². The Labute approximate surface area is 270 Å². The highest BCUT2D eigenvalue weighted by Crippen LogP contribution is 2.57. The molecule has 0 saturated carbocycles. The standard InChI is InChI=1S/C33H37N6O4S2/c1-17-14-38(31-34-23-10-8-21(41-5)12-25(23)36-31)27(18(2)29(17)43-7)15-45-33-16-44-30(19(3)28(40)20(33)4)39(33)32-35-24-11-9-22(42-6)13-26(24)37-32/h8-14,19-20,30H,15-16H2,1-7H3,(H,34,36)(H,35,37)/q+1. The van der Waals surface area contributed by atoms with Crippen molar-refractivity contribution in [3.63, 3.8) is 0 Å². The van der Waals surface area contributed by atoms with Crippen LogP contribution in [-0.2, 0) is 10.5 Å². The third-order valence-electron chi connectivity index (χ3n) is 9.32. The highest BCUT2D eigenvalue weighted by atomic mass is 32.2. The zero-order valence-corrected chi connectivity index (χ0v) is 28.1. The molecule has 12 heteroatoms. The van der Waals surface area contributed by atoms with E-state index in [0.29, 0.717) is 17.5 Å². The Morgan fingerprint density at radius 1 is 1.00 bits per heavy atom. The summed E-state index contributed by atoms with van der Waals surface area (Å²) in [5.74, 6) is 5.25. The van der Waals surface area contributed by atoms with E-state index in [2.05, 4.69) is 46.4 Å². The predicted molar refractivity (Wildman–Crippen MR) is 179 cm³/mol. The summed E-state index contributed by atoms with van der Waals surface area (Å²) in [6.45, 7) is 8.27. The molecule has 5 aromatic rings. The van der Waals surface area contributed by atoms with Gasteiger partial charge in [0.1, 0.15) is 39.1 Å². The fourth-order valence-corrected chi connectivity index (χ4v) is 10.5. The van der Waals surface area contributed by atoms with E-state index in [0.717, 1.165) is 67.8 Å². The highest BCUT2D eigenvalue weighted by Gasteiger charge is 2.61. The predicted octanol–water partition coefficient (Wildman–Crippen LogP) is 5.72. The van der Waals surface area contributed by atoms with E-state index in [9.17, 15) is 4.79 Å². The minimum absolute atomic E-state index is 0.0187. The summed E-state index contributed by atoms with van der Waals surface area (Å²) in [7, 11) is 5.03. The van der Waals surface area contributed by atoms with Crippen molar-refractivity contribution in [2.75, 3.05) is 32.0 Å². The van der Waals surface area contributed by atoms with Gasteiger partial charge < -0.3 is 24.1 Å². The molecule has 2 aromatic carbocycles. The summed E-state index contributed by atoms with van der Waals surface area (Å²) in [6.07, 6.45) is 2.07. The first-order valence-electron chi connectivity index (χ1n) is 14.9. The van der Waals surface area contributed by atoms with Gasteiger partial charge in [0.15, 0.2) is 5.52 Å². The van der Waals surface area contributed by atoms with E-state index in [1.165, 1.54) is 0 Å². The molecule has 3 aromatic heterocycles. The molecule has 4 unspecified atom stereocenters. The van der Waals surface area contributed by atoms with E-state index in [4.69, 9.17) is 24.2 Å². The van der Waals surface area contributed by atoms with Crippen LogP contribution in [0.5, 0.6) is 17.2 Å². The summed E-state index contributed by atoms with van der Waals surface area (Å²) in [6, 6.07) is 11.7. The number of thioether (sulfide) groups is 2. The number of piperidine rings is 1. The van der Waals surface area contributed by atoms with Gasteiger partial charge in [-0.05, 0) is 38.1 Å². The molecule has 5 heterocycles. The molecule has 234 valence electrons. The Morgan fingerprint density at radius 2 is 1.67 bits per heavy atom. The molecule has 0 amide bonds. The molecule has 0 spiro atoms. The van der Waals surface area contributed by atoms with Crippen LogP contribution in [0.4, 0.5) is 5.95 Å². The zero-order valence-electron chi connectivity index (χ0n) is 26.4. The maximum absolute atomic E-state index is 13.7. The molecule has 2 aliphatic rings. The molecule has 7 rings (SSSR count). The average Bonchev–Trinajstić information content (AvgIpc) is 3.75. The summed E-state index contributed by atoms with van der Waals surface area (Å²) in [5, 5.41) is -0.0187. The zero-order chi connectivity index (χ0) is 31.6. The second-order valence-electron chi connectivity index (χ2n) is 11.8. The quantitative estimate of drug-likeness (QED) is 0.205. The van der Waals surface area contributed by atoms with Gasteiger partial charge in [-0.2, -0.15) is 0 Å². The van der Waals surface area contributed by atoms with Crippen molar-refractivity contribution in [3.8, 4) is 23.2 Å². The number of nitrogens with one attached hydrogen (secondary N) is 2. The largest absolute Gasteiger partial charge is 0.497 e. The normalized spacial score (nSPS) is 22.9. The van der Waals surface area contributed by atoms with E-state index < -0.39 is 4.87 Å². The van der Waals surface area contributed by atoms with Crippen LogP contribution in [0.3, 0.4) is 0 Å². The van der Waals surface area contributed by atoms with Gasteiger partial charge in [0.2, 0.25) is 5.95 Å². The molecule has 10 nitrogen and oxygen atoms in total. The number of methoxy groups -OCH3 is 3. The molecular weight excluding hydrogens is 609 g/mol. The van der Waals surface area contributed by atoms with Gasteiger partial charge in [-0.15, -0.1) is 23.5 Å². The first-order valence-corrected chi connectivity index (χ1v) is 17.0. The van der Waals surface area contributed by atoms with Crippen LogP contribution in [0.2, 0.25) is 0 Å². The van der Waals surface area contributed by atoms with Gasteiger partial charge in [0.05, 0.1) is 49.7 Å². The summed E-state index contributed by atoms with van der Waals surface area (Å²) in [4.78, 5) is 32.6. The number of aryl methyl sites for hydroxylation is 1. The second-order valence-corrected chi connectivity index (χ2v) is 14.2. The Balaban J connectivity index is 1.32. The number of carbonyl (C=O) groups excluding carboxylic acids is 1. The van der Waals surface area contributed by atoms with E-state index in [1.54, 1.807) is 33.1 Å². The number of hydrogen-bond acceptors (Lipinski definition) is 9. The topological polar surface area (TPSA) is 109 Å². The molecule has 4 atom stereocenters. The minimum atomic E-state index is -0.513. The third kappa shape index (κ3) is 4.63. The summed E-state index contributed by atoms with van der Waals surface area (Å²) >= 11 is 3.64. The lowest BCUT2D eigenvalue weighted by atomic mass is 9.84. The number of benzene rings is 2. The third-order valence-corrected chi connectivity index (χ3v) is 12.7. The lowest BCUT2D eigenvalue weighted by Crippen LogP contribution is -2.61. The maximum atomic E-state index is 13.7. The number of ketones is 1. The van der Waals surface area contributed by atoms with Crippen molar-refractivity contribution < 1.29 is 23.6 Å². The lowest BCUT2D eigenvalue weighted by Gasteiger charge is -2.48. The van der Waals surface area contributed by atoms with E-state index in [-0.39, 0.29) is 17.2 Å². The van der Waals surface area contributed by atoms with E-state index >= 15 is 0 Å². The van der Waals surface area contributed by atoms with Crippen molar-refractivity contribution in [2.45, 2.75) is 43.7 Å². The fourth-order valence-electron chi connectivity index (χ4n) is 6.80. The van der Waals surface area contributed by atoms with Crippen LogP contribution < -0.4 is 23.7 Å². The molecule has 2 saturated heterocycles. The Morgan fingerprint density at radius 3 is 2.33 bits per heavy atom. The molecule has 0 aliphatic carbocycles. The van der Waals surface area contributed by atoms with Crippen LogP contribution >= 0.6 is 23.5 Å². The number of carbonyl (C=O) groups is 1. The SMILES string of the molecule is COc1ccc2nc(N3C4SCC3(SCc3c(C)c(OC)c(C)c[n+]3-c3nc5ccc(OC)cc5[nH]3)C(C)C(=O)C4C)[nH]c2c1. The van der Waals surface area contributed by atoms with Crippen molar-refractivity contribution in [2.24, 2.45) is 11.8 Å². The number of Topliss-reactive ketones (excluding diaryl/α,β-unsaturated/α-hetero) is 1. The number of hydrogen-bond donors (Lipinski definition) is 2. The molecule has 45 heavy (non-hydrogen) atoms. The minimum Gasteiger partial charge on any atom is -0.497 e. The van der Waals surface area contributed by atoms with Crippen LogP contribution in [0.15, 0.2) is 42.6 Å². The first-order chi connectivity index (χ1) is 21.7. The van der Waals surface area contributed by atoms with Gasteiger partial charge in [0, 0.05) is 40.8 Å². The molecular formula is C33H37N6O4S2+. The monoisotopic (exact) mass is 645 g/mol. The van der Waals surface area contributed by atoms with Crippen molar-refractivity contribution in [1.82, 2.24) is 19.9 Å². The maximum Gasteiger partial charge on any atom is 0.402 e. The fraction of sp³-hybridized carbons (Fsp3) is 0.394. The summed E-state index contributed by atoms with van der Waals surface area (Å²) < 4.78 is 18.9. The lowest BCUT2D eigenvalue weighted by molar-refractivity contribution is -0.611.